The first-order valence-electron chi connectivity index (χ1n) is 6.57. The maximum absolute atomic E-state index is 12.0. The Hall–Kier alpha value is -1.22. The molecule has 3 heteroatoms. The van der Waals surface area contributed by atoms with Crippen molar-refractivity contribution in [3.05, 3.63) is 29.3 Å². The molecule has 1 unspecified atom stereocenters. The largest absolute Gasteiger partial charge is 0.299 e. The zero-order valence-corrected chi connectivity index (χ0v) is 11.6. The molecule has 1 saturated carbocycles. The lowest BCUT2D eigenvalue weighted by Gasteiger charge is -2.47. The highest BCUT2D eigenvalue weighted by atomic mass is 32.1. The van der Waals surface area contributed by atoms with Crippen LogP contribution in [0.15, 0.2) is 23.7 Å². The van der Waals surface area contributed by atoms with E-state index >= 15 is 0 Å². The molecule has 3 rings (SSSR count). The van der Waals surface area contributed by atoms with Crippen molar-refractivity contribution in [2.45, 2.75) is 39.0 Å². The Morgan fingerprint density at radius 3 is 2.89 bits per heavy atom. The van der Waals surface area contributed by atoms with Crippen LogP contribution in [0.3, 0.4) is 0 Å². The van der Waals surface area contributed by atoms with Crippen molar-refractivity contribution in [3.8, 4) is 0 Å². The van der Waals surface area contributed by atoms with Gasteiger partial charge in [-0.1, -0.05) is 13.8 Å². The van der Waals surface area contributed by atoms with Crippen LogP contribution in [0, 0.1) is 5.41 Å². The number of aromatic nitrogens is 1. The molecule has 1 atom stereocenters. The highest BCUT2D eigenvalue weighted by molar-refractivity contribution is 7.17. The van der Waals surface area contributed by atoms with Gasteiger partial charge in [-0.15, -0.1) is 11.3 Å². The summed E-state index contributed by atoms with van der Waals surface area (Å²) in [4.78, 5) is 16.5. The Labute approximate surface area is 111 Å². The predicted molar refractivity (Wildman–Crippen MR) is 75.0 cm³/mol. The minimum absolute atomic E-state index is 0.118. The molecule has 0 spiro atoms. The molecule has 1 aliphatic rings. The summed E-state index contributed by atoms with van der Waals surface area (Å²) in [6, 6.07) is 4.27. The number of thiophene rings is 1. The third-order valence-electron chi connectivity index (χ3n) is 4.60. The minimum Gasteiger partial charge on any atom is -0.299 e. The number of fused-ring (bicyclic) bond motifs is 1. The molecule has 2 aromatic rings. The molecule has 2 heterocycles. The first-order chi connectivity index (χ1) is 8.71. The summed E-state index contributed by atoms with van der Waals surface area (Å²) in [6.07, 6.45) is 4.54. The van der Waals surface area contributed by atoms with Gasteiger partial charge in [0.15, 0.2) is 0 Å². The highest BCUT2D eigenvalue weighted by Crippen LogP contribution is 2.54. The van der Waals surface area contributed by atoms with Crippen molar-refractivity contribution in [1.29, 1.82) is 0 Å². The number of ketones is 1. The quantitative estimate of drug-likeness (QED) is 0.828. The monoisotopic (exact) mass is 259 g/mol. The second-order valence-corrected chi connectivity index (χ2v) is 6.06. The molecule has 0 bridgehead atoms. The molecule has 0 saturated heterocycles. The zero-order chi connectivity index (χ0) is 12.8. The normalized spacial score (nSPS) is 22.1. The van der Waals surface area contributed by atoms with Crippen LogP contribution in [0.4, 0.5) is 0 Å². The third kappa shape index (κ3) is 1.46. The van der Waals surface area contributed by atoms with E-state index in [-0.39, 0.29) is 5.41 Å². The van der Waals surface area contributed by atoms with Crippen molar-refractivity contribution in [3.63, 3.8) is 0 Å². The van der Waals surface area contributed by atoms with E-state index in [1.807, 2.05) is 12.3 Å². The van der Waals surface area contributed by atoms with Gasteiger partial charge in [0.1, 0.15) is 5.78 Å². The molecule has 94 valence electrons. The average Bonchev–Trinajstić information content (AvgIpc) is 2.84. The van der Waals surface area contributed by atoms with Gasteiger partial charge in [-0.2, -0.15) is 0 Å². The lowest BCUT2D eigenvalue weighted by atomic mass is 9.54. The van der Waals surface area contributed by atoms with E-state index in [1.165, 1.54) is 10.3 Å². The summed E-state index contributed by atoms with van der Waals surface area (Å²) in [6.45, 7) is 4.26. The van der Waals surface area contributed by atoms with Crippen LogP contribution in [0.1, 0.15) is 44.6 Å². The average molecular weight is 259 g/mol. The van der Waals surface area contributed by atoms with Crippen molar-refractivity contribution in [2.24, 2.45) is 5.41 Å². The summed E-state index contributed by atoms with van der Waals surface area (Å²) in [5.74, 6) is 0.808. The third-order valence-corrected chi connectivity index (χ3v) is 5.45. The van der Waals surface area contributed by atoms with E-state index in [9.17, 15) is 4.79 Å². The second-order valence-electron chi connectivity index (χ2n) is 5.12. The molecular formula is C15H17NOS. The van der Waals surface area contributed by atoms with E-state index in [4.69, 9.17) is 0 Å². The fourth-order valence-electron chi connectivity index (χ4n) is 3.27. The van der Waals surface area contributed by atoms with Gasteiger partial charge in [-0.05, 0) is 35.9 Å². The number of Topliss-reactive ketones (excluding diaryl/α,β-unsaturated/α-hetero) is 1. The lowest BCUT2D eigenvalue weighted by Crippen LogP contribution is -2.47. The van der Waals surface area contributed by atoms with E-state index in [0.717, 1.165) is 18.4 Å². The molecule has 0 aliphatic heterocycles. The maximum atomic E-state index is 12.0. The van der Waals surface area contributed by atoms with Crippen LogP contribution in [0.2, 0.25) is 0 Å². The number of carbonyl (C=O) groups is 1. The van der Waals surface area contributed by atoms with E-state index < -0.39 is 0 Å². The van der Waals surface area contributed by atoms with Crippen LogP contribution in [0.25, 0.3) is 10.2 Å². The van der Waals surface area contributed by atoms with Crippen molar-refractivity contribution >= 4 is 27.3 Å². The van der Waals surface area contributed by atoms with Gasteiger partial charge in [-0.3, -0.25) is 9.78 Å². The molecule has 2 nitrogen and oxygen atoms in total. The van der Waals surface area contributed by atoms with E-state index in [0.29, 0.717) is 18.1 Å². The van der Waals surface area contributed by atoms with Crippen molar-refractivity contribution in [2.75, 3.05) is 0 Å². The molecule has 0 N–H and O–H groups in total. The summed E-state index contributed by atoms with van der Waals surface area (Å²) < 4.78 is 1.23. The van der Waals surface area contributed by atoms with Crippen molar-refractivity contribution < 1.29 is 4.79 Å². The number of carbonyl (C=O) groups excluding carboxylic acids is 1. The van der Waals surface area contributed by atoms with Gasteiger partial charge < -0.3 is 0 Å². The maximum Gasteiger partial charge on any atom is 0.140 e. The molecule has 0 aromatic carbocycles. The summed E-state index contributed by atoms with van der Waals surface area (Å²) in [5.41, 5.74) is 2.19. The summed E-state index contributed by atoms with van der Waals surface area (Å²) >= 11 is 1.72. The van der Waals surface area contributed by atoms with Crippen LogP contribution in [-0.4, -0.2) is 10.8 Å². The molecule has 1 aliphatic carbocycles. The summed E-state index contributed by atoms with van der Waals surface area (Å²) in [7, 11) is 0. The van der Waals surface area contributed by atoms with Crippen molar-refractivity contribution in [1.82, 2.24) is 4.98 Å². The second kappa shape index (κ2) is 4.16. The van der Waals surface area contributed by atoms with Gasteiger partial charge >= 0.3 is 0 Å². The van der Waals surface area contributed by atoms with Crippen LogP contribution >= 0.6 is 11.3 Å². The van der Waals surface area contributed by atoms with Crippen LogP contribution < -0.4 is 0 Å². The number of nitrogens with zero attached hydrogens (tertiary/aromatic N) is 1. The standard InChI is InChI=1S/C15H17NOS/c1-3-15(4-2)11(8-14(15)17)10-7-13-12(16-9-10)5-6-18-13/h5-7,9,11H,3-4,8H2,1-2H3. The fourth-order valence-corrected chi connectivity index (χ4v) is 4.06. The Bertz CT molecular complexity index is 597. The number of hydrogen-bond donors (Lipinski definition) is 0. The van der Waals surface area contributed by atoms with Crippen LogP contribution in [-0.2, 0) is 4.79 Å². The summed E-state index contributed by atoms with van der Waals surface area (Å²) in [5, 5.41) is 2.07. The first-order valence-corrected chi connectivity index (χ1v) is 7.45. The number of pyridine rings is 1. The number of rotatable bonds is 3. The lowest BCUT2D eigenvalue weighted by molar-refractivity contribution is -0.141. The van der Waals surface area contributed by atoms with Crippen LogP contribution in [0.5, 0.6) is 0 Å². The van der Waals surface area contributed by atoms with E-state index in [1.54, 1.807) is 11.3 Å². The smallest absolute Gasteiger partial charge is 0.140 e. The molecule has 18 heavy (non-hydrogen) atoms. The fraction of sp³-hybridized carbons (Fsp3) is 0.467. The molecule has 1 fully saturated rings. The molecule has 2 aromatic heterocycles. The first kappa shape index (κ1) is 11.8. The molecule has 0 radical (unpaired) electrons. The Balaban J connectivity index is 2.02. The SMILES string of the molecule is CCC1(CC)C(=O)CC1c1cnc2ccsc2c1. The molecular weight excluding hydrogens is 242 g/mol. The van der Waals surface area contributed by atoms with Gasteiger partial charge in [0, 0.05) is 24.0 Å². The van der Waals surface area contributed by atoms with E-state index in [2.05, 4.69) is 30.3 Å². The topological polar surface area (TPSA) is 30.0 Å². The van der Waals surface area contributed by atoms with Gasteiger partial charge in [0.05, 0.1) is 10.2 Å². The van der Waals surface area contributed by atoms with Gasteiger partial charge in [0.25, 0.3) is 0 Å². The number of hydrogen-bond acceptors (Lipinski definition) is 3. The highest BCUT2D eigenvalue weighted by Gasteiger charge is 2.52. The zero-order valence-electron chi connectivity index (χ0n) is 10.8. The van der Waals surface area contributed by atoms with Gasteiger partial charge in [-0.25, -0.2) is 0 Å². The Kier molecular flexibility index (Phi) is 2.74. The minimum atomic E-state index is -0.118. The van der Waals surface area contributed by atoms with Gasteiger partial charge in [0.2, 0.25) is 0 Å². The Morgan fingerprint density at radius 2 is 2.22 bits per heavy atom. The predicted octanol–water partition coefficient (Wildman–Crippen LogP) is 4.16. The molecule has 0 amide bonds. The Morgan fingerprint density at radius 1 is 1.44 bits per heavy atom.